The van der Waals surface area contributed by atoms with E-state index in [4.69, 9.17) is 5.73 Å². The zero-order valence-electron chi connectivity index (χ0n) is 11.4. The fourth-order valence-electron chi connectivity index (χ4n) is 2.61. The maximum Gasteiger partial charge on any atom is 0.152 e. The van der Waals surface area contributed by atoms with Gasteiger partial charge in [-0.05, 0) is 30.5 Å². The third-order valence-electron chi connectivity index (χ3n) is 3.62. The lowest BCUT2D eigenvalue weighted by atomic mass is 10.1. The van der Waals surface area contributed by atoms with Crippen LogP contribution in [0.15, 0.2) is 24.3 Å². The summed E-state index contributed by atoms with van der Waals surface area (Å²) in [5.74, 6) is 0.602. The van der Waals surface area contributed by atoms with Crippen molar-refractivity contribution in [1.82, 2.24) is 0 Å². The topological polar surface area (TPSA) is 63.4 Å². The molecule has 1 atom stereocenters. The van der Waals surface area contributed by atoms with Crippen molar-refractivity contribution in [2.45, 2.75) is 32.4 Å². The number of nitrogens with zero attached hydrogens (tertiary/aromatic N) is 1. The van der Waals surface area contributed by atoms with Crippen molar-refractivity contribution >= 4 is 15.5 Å². The van der Waals surface area contributed by atoms with Crippen LogP contribution in [0.3, 0.4) is 0 Å². The molecule has 1 unspecified atom stereocenters. The van der Waals surface area contributed by atoms with Crippen molar-refractivity contribution in [2.24, 2.45) is 5.73 Å². The van der Waals surface area contributed by atoms with Crippen LogP contribution in [0.4, 0.5) is 5.69 Å². The first-order valence-electron chi connectivity index (χ1n) is 6.82. The first kappa shape index (κ1) is 14.3. The van der Waals surface area contributed by atoms with E-state index in [1.807, 2.05) is 24.3 Å². The van der Waals surface area contributed by atoms with Gasteiger partial charge in [-0.25, -0.2) is 8.42 Å². The Morgan fingerprint density at radius 1 is 1.32 bits per heavy atom. The molecule has 4 nitrogen and oxygen atoms in total. The molecule has 1 heterocycles. The van der Waals surface area contributed by atoms with Crippen LogP contribution in [0.5, 0.6) is 0 Å². The van der Waals surface area contributed by atoms with Gasteiger partial charge in [0.1, 0.15) is 0 Å². The second kappa shape index (κ2) is 5.92. The molecular formula is C14H22N2O2S. The number of hydrogen-bond donors (Lipinski definition) is 1. The molecule has 0 radical (unpaired) electrons. The van der Waals surface area contributed by atoms with Gasteiger partial charge in [0.2, 0.25) is 0 Å². The van der Waals surface area contributed by atoms with E-state index in [2.05, 4.69) is 11.8 Å². The Labute approximate surface area is 115 Å². The van der Waals surface area contributed by atoms with Gasteiger partial charge < -0.3 is 10.6 Å². The molecule has 1 aromatic carbocycles. The third-order valence-corrected chi connectivity index (χ3v) is 5.37. The predicted octanol–water partition coefficient (Wildman–Crippen LogP) is 1.55. The highest BCUT2D eigenvalue weighted by atomic mass is 32.2. The zero-order valence-corrected chi connectivity index (χ0v) is 12.2. The van der Waals surface area contributed by atoms with Gasteiger partial charge in [0.25, 0.3) is 0 Å². The summed E-state index contributed by atoms with van der Waals surface area (Å²) in [4.78, 5) is 2.23. The van der Waals surface area contributed by atoms with Gasteiger partial charge in [0, 0.05) is 24.8 Å². The molecule has 0 aliphatic carbocycles. The van der Waals surface area contributed by atoms with Crippen molar-refractivity contribution < 1.29 is 8.42 Å². The Kier molecular flexibility index (Phi) is 4.47. The predicted molar refractivity (Wildman–Crippen MR) is 79.0 cm³/mol. The second-order valence-corrected chi connectivity index (χ2v) is 7.35. The minimum absolute atomic E-state index is 0.119. The summed E-state index contributed by atoms with van der Waals surface area (Å²) in [7, 11) is -2.84. The molecule has 2 N–H and O–H groups in total. The van der Waals surface area contributed by atoms with Crippen LogP contribution in [0.25, 0.3) is 0 Å². The summed E-state index contributed by atoms with van der Waals surface area (Å²) in [6, 6.07) is 8.24. The van der Waals surface area contributed by atoms with E-state index in [0.29, 0.717) is 12.3 Å². The lowest BCUT2D eigenvalue weighted by Gasteiger charge is -2.30. The Morgan fingerprint density at radius 3 is 2.47 bits per heavy atom. The first-order valence-corrected chi connectivity index (χ1v) is 8.64. The van der Waals surface area contributed by atoms with Crippen LogP contribution in [-0.4, -0.2) is 32.5 Å². The third kappa shape index (κ3) is 3.48. The lowest BCUT2D eigenvalue weighted by Crippen LogP contribution is -2.36. The molecule has 1 saturated heterocycles. The lowest BCUT2D eigenvalue weighted by molar-refractivity contribution is 0.598. The minimum atomic E-state index is -2.84. The average Bonchev–Trinajstić information content (AvgIpc) is 2.76. The SMILES string of the molecule is CCCN(c1ccc(CN)cc1)C1CCS(=O)(=O)C1. The highest BCUT2D eigenvalue weighted by Gasteiger charge is 2.32. The van der Waals surface area contributed by atoms with Crippen molar-refractivity contribution in [3.63, 3.8) is 0 Å². The van der Waals surface area contributed by atoms with Crippen LogP contribution in [-0.2, 0) is 16.4 Å². The summed E-state index contributed by atoms with van der Waals surface area (Å²) in [6.45, 7) is 3.54. The Hall–Kier alpha value is -1.07. The van der Waals surface area contributed by atoms with Gasteiger partial charge >= 0.3 is 0 Å². The number of sulfone groups is 1. The summed E-state index contributed by atoms with van der Waals surface area (Å²) in [6.07, 6.45) is 1.75. The fourth-order valence-corrected chi connectivity index (χ4v) is 4.34. The van der Waals surface area contributed by atoms with Gasteiger partial charge in [-0.15, -0.1) is 0 Å². The van der Waals surface area contributed by atoms with Crippen LogP contribution in [0.2, 0.25) is 0 Å². The molecule has 106 valence electrons. The molecule has 0 saturated carbocycles. The monoisotopic (exact) mass is 282 g/mol. The Morgan fingerprint density at radius 2 is 2.00 bits per heavy atom. The Balaban J connectivity index is 2.19. The van der Waals surface area contributed by atoms with Gasteiger partial charge in [0.15, 0.2) is 9.84 Å². The quantitative estimate of drug-likeness (QED) is 0.890. The van der Waals surface area contributed by atoms with Gasteiger partial charge in [-0.1, -0.05) is 19.1 Å². The summed E-state index contributed by atoms with van der Waals surface area (Å²) in [5.41, 5.74) is 7.79. The van der Waals surface area contributed by atoms with Crippen molar-refractivity contribution in [3.05, 3.63) is 29.8 Å². The summed E-state index contributed by atoms with van der Waals surface area (Å²) < 4.78 is 23.3. The van der Waals surface area contributed by atoms with E-state index in [1.165, 1.54) is 0 Å². The number of benzene rings is 1. The van der Waals surface area contributed by atoms with Crippen LogP contribution >= 0.6 is 0 Å². The average molecular weight is 282 g/mol. The molecule has 1 fully saturated rings. The van der Waals surface area contributed by atoms with Crippen molar-refractivity contribution in [3.8, 4) is 0 Å². The zero-order chi connectivity index (χ0) is 13.9. The van der Waals surface area contributed by atoms with E-state index in [-0.39, 0.29) is 11.8 Å². The molecule has 5 heteroatoms. The summed E-state index contributed by atoms with van der Waals surface area (Å²) in [5, 5.41) is 0. The number of hydrogen-bond acceptors (Lipinski definition) is 4. The second-order valence-electron chi connectivity index (χ2n) is 5.12. The standard InChI is InChI=1S/C14H22N2O2S/c1-2-8-16(14-7-9-19(17,18)11-14)13-5-3-12(10-15)4-6-13/h3-6,14H,2,7-11,15H2,1H3. The smallest absolute Gasteiger partial charge is 0.152 e. The minimum Gasteiger partial charge on any atom is -0.368 e. The molecule has 0 spiro atoms. The van der Waals surface area contributed by atoms with Gasteiger partial charge in [-0.2, -0.15) is 0 Å². The van der Waals surface area contributed by atoms with Gasteiger partial charge in [-0.3, -0.25) is 0 Å². The molecule has 0 aromatic heterocycles. The van der Waals surface area contributed by atoms with Crippen LogP contribution in [0.1, 0.15) is 25.3 Å². The van der Waals surface area contributed by atoms with Crippen molar-refractivity contribution in [2.75, 3.05) is 23.0 Å². The summed E-state index contributed by atoms with van der Waals surface area (Å²) >= 11 is 0. The van der Waals surface area contributed by atoms with E-state index >= 15 is 0 Å². The normalized spacial score (nSPS) is 21.5. The van der Waals surface area contributed by atoms with E-state index in [0.717, 1.165) is 30.6 Å². The molecular weight excluding hydrogens is 260 g/mol. The molecule has 1 aliphatic heterocycles. The van der Waals surface area contributed by atoms with Crippen LogP contribution in [0, 0.1) is 0 Å². The Bertz CT molecular complexity index is 511. The number of rotatable bonds is 5. The molecule has 0 amide bonds. The number of anilines is 1. The van der Waals surface area contributed by atoms with Crippen molar-refractivity contribution in [1.29, 1.82) is 0 Å². The maximum atomic E-state index is 11.6. The fraction of sp³-hybridized carbons (Fsp3) is 0.571. The number of nitrogens with two attached hydrogens (primary N) is 1. The molecule has 1 aromatic rings. The maximum absolute atomic E-state index is 11.6. The largest absolute Gasteiger partial charge is 0.368 e. The molecule has 19 heavy (non-hydrogen) atoms. The van der Waals surface area contributed by atoms with E-state index < -0.39 is 9.84 Å². The van der Waals surface area contributed by atoms with Gasteiger partial charge in [0.05, 0.1) is 11.5 Å². The molecule has 2 rings (SSSR count). The van der Waals surface area contributed by atoms with E-state index in [1.54, 1.807) is 0 Å². The highest BCUT2D eigenvalue weighted by Crippen LogP contribution is 2.25. The van der Waals surface area contributed by atoms with E-state index in [9.17, 15) is 8.42 Å². The molecule has 1 aliphatic rings. The highest BCUT2D eigenvalue weighted by molar-refractivity contribution is 7.91. The first-order chi connectivity index (χ1) is 9.05. The van der Waals surface area contributed by atoms with Crippen LogP contribution < -0.4 is 10.6 Å². The molecule has 0 bridgehead atoms.